The molecule has 2 aromatic carbocycles. The lowest BCUT2D eigenvalue weighted by atomic mass is 10.1. The van der Waals surface area contributed by atoms with E-state index in [-0.39, 0.29) is 11.6 Å². The average Bonchev–Trinajstić information content (AvgIpc) is 3.25. The highest BCUT2D eigenvalue weighted by atomic mass is 19.1. The molecule has 1 saturated heterocycles. The molecule has 7 nitrogen and oxygen atoms in total. The quantitative estimate of drug-likeness (QED) is 0.605. The molecule has 2 N–H and O–H groups in total. The van der Waals surface area contributed by atoms with Gasteiger partial charge in [0, 0.05) is 30.0 Å². The second-order valence-corrected chi connectivity index (χ2v) is 6.87. The Bertz CT molecular complexity index is 1020. The van der Waals surface area contributed by atoms with Gasteiger partial charge in [-0.05, 0) is 56.2 Å². The monoisotopic (exact) mass is 392 g/mol. The van der Waals surface area contributed by atoms with E-state index in [2.05, 4.69) is 30.5 Å². The molecule has 0 saturated carbocycles. The second-order valence-electron chi connectivity index (χ2n) is 6.87. The number of carbonyl (C=O) groups is 1. The van der Waals surface area contributed by atoms with Crippen molar-refractivity contribution < 1.29 is 9.18 Å². The third-order valence-corrected chi connectivity index (χ3v) is 4.64. The largest absolute Gasteiger partial charge is 0.341 e. The molecule has 1 fully saturated rings. The smallest absolute Gasteiger partial charge is 0.233 e. The Morgan fingerprint density at radius 3 is 2.24 bits per heavy atom. The third-order valence-electron chi connectivity index (χ3n) is 4.64. The Morgan fingerprint density at radius 2 is 1.59 bits per heavy atom. The van der Waals surface area contributed by atoms with Gasteiger partial charge in [-0.25, -0.2) is 4.39 Å². The minimum atomic E-state index is -0.309. The van der Waals surface area contributed by atoms with Gasteiger partial charge in [0.1, 0.15) is 5.82 Å². The van der Waals surface area contributed by atoms with Gasteiger partial charge in [-0.1, -0.05) is 12.1 Å². The molecule has 2 heterocycles. The third kappa shape index (κ3) is 4.66. The first-order valence-corrected chi connectivity index (χ1v) is 9.48. The molecule has 0 radical (unpaired) electrons. The van der Waals surface area contributed by atoms with Crippen molar-refractivity contribution in [3.63, 3.8) is 0 Å². The standard InChI is InChI=1S/C21H21FN6O/c1-14(29)15-5-4-6-18(13-15)24-20-25-19(23-17-9-7-16(22)8-10-17)26-21(27-20)28-11-2-3-12-28/h4-10,13H,2-3,11-12H2,1H3,(H2,23,24,25,26,27). The van der Waals surface area contributed by atoms with E-state index >= 15 is 0 Å². The Kier molecular flexibility index (Phi) is 5.33. The maximum atomic E-state index is 13.2. The van der Waals surface area contributed by atoms with Gasteiger partial charge < -0.3 is 15.5 Å². The Labute approximate surface area is 168 Å². The van der Waals surface area contributed by atoms with Crippen molar-refractivity contribution in [1.82, 2.24) is 15.0 Å². The SMILES string of the molecule is CC(=O)c1cccc(Nc2nc(Nc3ccc(F)cc3)nc(N3CCCC3)n2)c1. The van der Waals surface area contributed by atoms with Crippen LogP contribution < -0.4 is 15.5 Å². The van der Waals surface area contributed by atoms with Crippen molar-refractivity contribution >= 4 is 35.0 Å². The first-order chi connectivity index (χ1) is 14.1. The molecule has 29 heavy (non-hydrogen) atoms. The van der Waals surface area contributed by atoms with Crippen LogP contribution in [-0.4, -0.2) is 33.8 Å². The summed E-state index contributed by atoms with van der Waals surface area (Å²) >= 11 is 0. The molecule has 8 heteroatoms. The molecule has 1 aliphatic rings. The van der Waals surface area contributed by atoms with E-state index in [0.717, 1.165) is 25.9 Å². The normalized spacial score (nSPS) is 13.4. The van der Waals surface area contributed by atoms with E-state index < -0.39 is 0 Å². The van der Waals surface area contributed by atoms with Gasteiger partial charge in [0.2, 0.25) is 17.8 Å². The molecule has 0 atom stereocenters. The van der Waals surface area contributed by atoms with Crippen molar-refractivity contribution in [2.24, 2.45) is 0 Å². The van der Waals surface area contributed by atoms with Crippen LogP contribution in [0.25, 0.3) is 0 Å². The first kappa shape index (κ1) is 18.8. The van der Waals surface area contributed by atoms with E-state index in [4.69, 9.17) is 0 Å². The summed E-state index contributed by atoms with van der Waals surface area (Å²) in [4.78, 5) is 27.3. The van der Waals surface area contributed by atoms with Gasteiger partial charge in [-0.2, -0.15) is 15.0 Å². The van der Waals surface area contributed by atoms with Crippen LogP contribution in [0.1, 0.15) is 30.1 Å². The highest BCUT2D eigenvalue weighted by Gasteiger charge is 2.18. The van der Waals surface area contributed by atoms with Gasteiger partial charge in [-0.15, -0.1) is 0 Å². The van der Waals surface area contributed by atoms with Gasteiger partial charge in [0.15, 0.2) is 5.78 Å². The number of hydrogen-bond acceptors (Lipinski definition) is 7. The zero-order chi connectivity index (χ0) is 20.2. The zero-order valence-corrected chi connectivity index (χ0v) is 16.0. The van der Waals surface area contributed by atoms with Crippen LogP contribution >= 0.6 is 0 Å². The number of anilines is 5. The number of aromatic nitrogens is 3. The lowest BCUT2D eigenvalue weighted by molar-refractivity contribution is 0.101. The number of carbonyl (C=O) groups excluding carboxylic acids is 1. The summed E-state index contributed by atoms with van der Waals surface area (Å²) in [6, 6.07) is 13.2. The molecule has 4 rings (SSSR count). The molecule has 0 aliphatic carbocycles. The van der Waals surface area contributed by atoms with Gasteiger partial charge >= 0.3 is 0 Å². The van der Waals surface area contributed by atoms with Crippen molar-refractivity contribution in [2.75, 3.05) is 28.6 Å². The first-order valence-electron chi connectivity index (χ1n) is 9.48. The number of nitrogens with zero attached hydrogens (tertiary/aromatic N) is 4. The zero-order valence-electron chi connectivity index (χ0n) is 16.0. The van der Waals surface area contributed by atoms with Crippen LogP contribution in [0.5, 0.6) is 0 Å². The Hall–Kier alpha value is -3.55. The van der Waals surface area contributed by atoms with E-state index in [1.54, 1.807) is 30.3 Å². The van der Waals surface area contributed by atoms with Crippen molar-refractivity contribution in [3.8, 4) is 0 Å². The number of benzene rings is 2. The van der Waals surface area contributed by atoms with Gasteiger partial charge in [0.05, 0.1) is 0 Å². The van der Waals surface area contributed by atoms with Crippen molar-refractivity contribution in [3.05, 3.63) is 59.9 Å². The predicted octanol–water partition coefficient (Wildman–Crippen LogP) is 4.30. The molecule has 0 spiro atoms. The minimum absolute atomic E-state index is 0.0132. The number of hydrogen-bond donors (Lipinski definition) is 2. The molecule has 0 unspecified atom stereocenters. The van der Waals surface area contributed by atoms with Crippen LogP contribution in [0.4, 0.5) is 33.6 Å². The molecule has 0 amide bonds. The molecule has 1 aliphatic heterocycles. The van der Waals surface area contributed by atoms with E-state index in [0.29, 0.717) is 34.8 Å². The molecular formula is C21H21FN6O. The fourth-order valence-corrected chi connectivity index (χ4v) is 3.14. The highest BCUT2D eigenvalue weighted by molar-refractivity contribution is 5.95. The van der Waals surface area contributed by atoms with Crippen LogP contribution in [0.2, 0.25) is 0 Å². The fraction of sp³-hybridized carbons (Fsp3) is 0.238. The van der Waals surface area contributed by atoms with Crippen molar-refractivity contribution in [2.45, 2.75) is 19.8 Å². The van der Waals surface area contributed by atoms with E-state index in [9.17, 15) is 9.18 Å². The number of halogens is 1. The van der Waals surface area contributed by atoms with Gasteiger partial charge in [0.25, 0.3) is 0 Å². The summed E-state index contributed by atoms with van der Waals surface area (Å²) in [6.45, 7) is 3.30. The number of ketones is 1. The predicted molar refractivity (Wildman–Crippen MR) is 111 cm³/mol. The molecule has 148 valence electrons. The molecule has 1 aromatic heterocycles. The summed E-state index contributed by atoms with van der Waals surface area (Å²) in [5, 5.41) is 6.26. The molecule has 0 bridgehead atoms. The van der Waals surface area contributed by atoms with E-state index in [1.807, 2.05) is 6.07 Å². The van der Waals surface area contributed by atoms with Crippen LogP contribution in [0, 0.1) is 5.82 Å². The molecular weight excluding hydrogens is 371 g/mol. The summed E-state index contributed by atoms with van der Waals surface area (Å²) in [5.41, 5.74) is 1.99. The van der Waals surface area contributed by atoms with Crippen LogP contribution in [0.15, 0.2) is 48.5 Å². The Morgan fingerprint density at radius 1 is 0.931 bits per heavy atom. The summed E-state index contributed by atoms with van der Waals surface area (Å²) in [5.74, 6) is 0.982. The second kappa shape index (κ2) is 8.22. The maximum absolute atomic E-state index is 13.2. The average molecular weight is 392 g/mol. The number of rotatable bonds is 6. The Balaban J connectivity index is 1.64. The maximum Gasteiger partial charge on any atom is 0.233 e. The van der Waals surface area contributed by atoms with Gasteiger partial charge in [-0.3, -0.25) is 4.79 Å². The van der Waals surface area contributed by atoms with Crippen molar-refractivity contribution in [1.29, 1.82) is 0 Å². The molecule has 3 aromatic rings. The van der Waals surface area contributed by atoms with E-state index in [1.165, 1.54) is 19.1 Å². The lowest BCUT2D eigenvalue weighted by Gasteiger charge is -2.17. The highest BCUT2D eigenvalue weighted by Crippen LogP contribution is 2.23. The summed E-state index contributed by atoms with van der Waals surface area (Å²) in [6.07, 6.45) is 2.19. The summed E-state index contributed by atoms with van der Waals surface area (Å²) < 4.78 is 13.2. The van der Waals surface area contributed by atoms with Crippen LogP contribution in [0.3, 0.4) is 0 Å². The number of Topliss-reactive ketones (excluding diaryl/α,β-unsaturated/α-hetero) is 1. The lowest BCUT2D eigenvalue weighted by Crippen LogP contribution is -2.21. The minimum Gasteiger partial charge on any atom is -0.341 e. The summed E-state index contributed by atoms with van der Waals surface area (Å²) in [7, 11) is 0. The topological polar surface area (TPSA) is 83.0 Å². The number of nitrogens with one attached hydrogen (secondary N) is 2. The fourth-order valence-electron chi connectivity index (χ4n) is 3.14. The van der Waals surface area contributed by atoms with Crippen LogP contribution in [-0.2, 0) is 0 Å².